The van der Waals surface area contributed by atoms with Crippen LogP contribution in [0.15, 0.2) is 60.7 Å². The molecule has 6 heteroatoms. The third-order valence-corrected chi connectivity index (χ3v) is 8.33. The van der Waals surface area contributed by atoms with Gasteiger partial charge in [-0.15, -0.1) is 0 Å². The standard InChI is InChI=1S/C28H36N4O2/c1-21-10-9-11-22(2)28(21)26(33)32(27(34)29-28)20-30-16-18-31(19-17-30)25(23-12-5-3-6-13-23)24-14-7-4-8-15-24/h3-8,12-15,21-22,25H,9-11,16-20H2,1-2H3,(H,29,34). The van der Waals surface area contributed by atoms with Crippen LogP contribution in [-0.4, -0.2) is 65.0 Å². The van der Waals surface area contributed by atoms with E-state index in [4.69, 9.17) is 0 Å². The van der Waals surface area contributed by atoms with Gasteiger partial charge in [-0.25, -0.2) is 9.69 Å². The van der Waals surface area contributed by atoms with Crippen LogP contribution < -0.4 is 5.32 Å². The Labute approximate surface area is 202 Å². The lowest BCUT2D eigenvalue weighted by atomic mass is 9.67. The van der Waals surface area contributed by atoms with Crippen LogP contribution in [0.2, 0.25) is 0 Å². The van der Waals surface area contributed by atoms with Crippen LogP contribution in [0.5, 0.6) is 0 Å². The van der Waals surface area contributed by atoms with Crippen LogP contribution in [-0.2, 0) is 4.79 Å². The predicted molar refractivity (Wildman–Crippen MR) is 133 cm³/mol. The molecule has 3 fully saturated rings. The molecule has 1 spiro atoms. The number of benzene rings is 2. The van der Waals surface area contributed by atoms with Gasteiger partial charge in [0.15, 0.2) is 0 Å². The summed E-state index contributed by atoms with van der Waals surface area (Å²) in [6.45, 7) is 8.02. The third-order valence-electron chi connectivity index (χ3n) is 8.33. The second kappa shape index (κ2) is 9.51. The maximum Gasteiger partial charge on any atom is 0.326 e. The molecule has 34 heavy (non-hydrogen) atoms. The zero-order valence-electron chi connectivity index (χ0n) is 20.3. The molecule has 3 aliphatic rings. The number of piperazine rings is 1. The summed E-state index contributed by atoms with van der Waals surface area (Å²) in [7, 11) is 0. The first-order valence-electron chi connectivity index (χ1n) is 12.7. The van der Waals surface area contributed by atoms with E-state index in [0.29, 0.717) is 6.67 Å². The highest BCUT2D eigenvalue weighted by Gasteiger charge is 2.58. The number of rotatable bonds is 5. The summed E-state index contributed by atoms with van der Waals surface area (Å²) in [4.78, 5) is 32.7. The number of nitrogens with one attached hydrogen (secondary N) is 1. The van der Waals surface area contributed by atoms with Gasteiger partial charge in [-0.05, 0) is 35.8 Å². The lowest BCUT2D eigenvalue weighted by molar-refractivity contribution is -0.138. The first-order valence-corrected chi connectivity index (χ1v) is 12.7. The SMILES string of the molecule is CC1CCCC(C)C12NC(=O)N(CN1CCN(C(c3ccccc3)c3ccccc3)CC1)C2=O. The van der Waals surface area contributed by atoms with Crippen molar-refractivity contribution in [1.29, 1.82) is 0 Å². The van der Waals surface area contributed by atoms with E-state index in [-0.39, 0.29) is 29.8 Å². The molecule has 5 rings (SSSR count). The molecule has 2 aromatic carbocycles. The zero-order chi connectivity index (χ0) is 23.7. The van der Waals surface area contributed by atoms with Crippen molar-refractivity contribution in [3.05, 3.63) is 71.8 Å². The van der Waals surface area contributed by atoms with Gasteiger partial charge in [-0.2, -0.15) is 0 Å². The normalized spacial score (nSPS) is 28.6. The van der Waals surface area contributed by atoms with Crippen molar-refractivity contribution in [2.45, 2.75) is 44.7 Å². The molecule has 1 aliphatic carbocycles. The molecule has 6 nitrogen and oxygen atoms in total. The Kier molecular flexibility index (Phi) is 6.45. The number of hydrogen-bond donors (Lipinski definition) is 1. The van der Waals surface area contributed by atoms with Crippen LogP contribution >= 0.6 is 0 Å². The molecule has 2 aromatic rings. The lowest BCUT2D eigenvalue weighted by Gasteiger charge is -2.43. The molecule has 0 radical (unpaired) electrons. The molecule has 2 unspecified atom stereocenters. The molecule has 1 N–H and O–H groups in total. The Morgan fingerprint density at radius 1 is 0.853 bits per heavy atom. The molecule has 0 aromatic heterocycles. The fourth-order valence-corrected chi connectivity index (χ4v) is 6.33. The third kappa shape index (κ3) is 4.03. The minimum Gasteiger partial charge on any atom is -0.323 e. The Hall–Kier alpha value is -2.70. The average Bonchev–Trinajstić information content (AvgIpc) is 3.11. The van der Waals surface area contributed by atoms with E-state index in [1.165, 1.54) is 16.0 Å². The van der Waals surface area contributed by atoms with Gasteiger partial charge < -0.3 is 5.32 Å². The maximum atomic E-state index is 13.5. The molecule has 3 amide bonds. The Bertz CT molecular complexity index is 954. The second-order valence-corrected chi connectivity index (χ2v) is 10.3. The van der Waals surface area contributed by atoms with E-state index in [9.17, 15) is 9.59 Å². The van der Waals surface area contributed by atoms with Gasteiger partial charge in [-0.1, -0.05) is 80.9 Å². The van der Waals surface area contributed by atoms with Gasteiger partial charge in [0.2, 0.25) is 0 Å². The number of nitrogens with zero attached hydrogens (tertiary/aromatic N) is 3. The molecule has 2 aliphatic heterocycles. The van der Waals surface area contributed by atoms with Gasteiger partial charge in [-0.3, -0.25) is 14.6 Å². The molecule has 180 valence electrons. The van der Waals surface area contributed by atoms with E-state index >= 15 is 0 Å². The van der Waals surface area contributed by atoms with Gasteiger partial charge in [0, 0.05) is 26.2 Å². The van der Waals surface area contributed by atoms with Crippen LogP contribution in [0.4, 0.5) is 4.79 Å². The van der Waals surface area contributed by atoms with Crippen LogP contribution in [0.1, 0.15) is 50.3 Å². The van der Waals surface area contributed by atoms with Crippen LogP contribution in [0.3, 0.4) is 0 Å². The summed E-state index contributed by atoms with van der Waals surface area (Å²) < 4.78 is 0. The quantitative estimate of drug-likeness (QED) is 0.683. The summed E-state index contributed by atoms with van der Waals surface area (Å²) in [5.74, 6) is 0.324. The van der Waals surface area contributed by atoms with Gasteiger partial charge >= 0.3 is 6.03 Å². The van der Waals surface area contributed by atoms with Gasteiger partial charge in [0.1, 0.15) is 5.54 Å². The van der Waals surface area contributed by atoms with E-state index < -0.39 is 5.54 Å². The number of carbonyl (C=O) groups excluding carboxylic acids is 2. The molecule has 2 heterocycles. The highest BCUT2D eigenvalue weighted by atomic mass is 16.2. The topological polar surface area (TPSA) is 55.9 Å². The molecule has 0 bridgehead atoms. The van der Waals surface area contributed by atoms with Crippen LogP contribution in [0, 0.1) is 11.8 Å². The summed E-state index contributed by atoms with van der Waals surface area (Å²) in [5, 5.41) is 3.13. The van der Waals surface area contributed by atoms with E-state index in [2.05, 4.69) is 89.6 Å². The lowest BCUT2D eigenvalue weighted by Crippen LogP contribution is -2.59. The van der Waals surface area contributed by atoms with Crippen molar-refractivity contribution in [3.63, 3.8) is 0 Å². The zero-order valence-corrected chi connectivity index (χ0v) is 20.3. The van der Waals surface area contributed by atoms with E-state index in [1.807, 2.05) is 0 Å². The largest absolute Gasteiger partial charge is 0.326 e. The van der Waals surface area contributed by atoms with E-state index in [0.717, 1.165) is 45.4 Å². The van der Waals surface area contributed by atoms with Gasteiger partial charge in [0.05, 0.1) is 12.7 Å². The summed E-state index contributed by atoms with van der Waals surface area (Å²) in [5.41, 5.74) is 1.86. The summed E-state index contributed by atoms with van der Waals surface area (Å²) >= 11 is 0. The minimum absolute atomic E-state index is 0.0222. The van der Waals surface area contributed by atoms with Crippen molar-refractivity contribution in [2.75, 3.05) is 32.8 Å². The number of carbonyl (C=O) groups is 2. The minimum atomic E-state index is -0.719. The maximum absolute atomic E-state index is 13.5. The molecule has 2 saturated heterocycles. The van der Waals surface area contributed by atoms with Crippen molar-refractivity contribution >= 4 is 11.9 Å². The molecule has 2 atom stereocenters. The second-order valence-electron chi connectivity index (χ2n) is 10.3. The highest BCUT2D eigenvalue weighted by molar-refractivity contribution is 6.07. The molecular formula is C28H36N4O2. The van der Waals surface area contributed by atoms with Gasteiger partial charge in [0.25, 0.3) is 5.91 Å². The first kappa shape index (κ1) is 23.1. The Morgan fingerprint density at radius 3 is 1.91 bits per heavy atom. The van der Waals surface area contributed by atoms with Crippen molar-refractivity contribution in [3.8, 4) is 0 Å². The number of amides is 3. The predicted octanol–water partition coefficient (Wildman–Crippen LogP) is 4.10. The summed E-state index contributed by atoms with van der Waals surface area (Å²) in [6.07, 6.45) is 3.10. The highest BCUT2D eigenvalue weighted by Crippen LogP contribution is 2.42. The van der Waals surface area contributed by atoms with Crippen LogP contribution in [0.25, 0.3) is 0 Å². The summed E-state index contributed by atoms with van der Waals surface area (Å²) in [6, 6.07) is 21.3. The Morgan fingerprint density at radius 2 is 1.38 bits per heavy atom. The fraction of sp³-hybridized carbons (Fsp3) is 0.500. The van der Waals surface area contributed by atoms with E-state index in [1.54, 1.807) is 0 Å². The first-order chi connectivity index (χ1) is 16.5. The van der Waals surface area contributed by atoms with Crippen molar-refractivity contribution in [1.82, 2.24) is 20.0 Å². The Balaban J connectivity index is 1.27. The molecular weight excluding hydrogens is 424 g/mol. The number of urea groups is 1. The average molecular weight is 461 g/mol. The monoisotopic (exact) mass is 460 g/mol. The van der Waals surface area contributed by atoms with Crippen molar-refractivity contribution in [2.24, 2.45) is 11.8 Å². The number of imide groups is 1. The molecule has 1 saturated carbocycles. The fourth-order valence-electron chi connectivity index (χ4n) is 6.33. The number of hydrogen-bond acceptors (Lipinski definition) is 4. The van der Waals surface area contributed by atoms with Crippen molar-refractivity contribution < 1.29 is 9.59 Å². The smallest absolute Gasteiger partial charge is 0.323 e.